The molecule has 1 rings (SSSR count). The highest BCUT2D eigenvalue weighted by Gasteiger charge is 2.12. The second-order valence-corrected chi connectivity index (χ2v) is 5.47. The monoisotopic (exact) mass is 292 g/mol. The van der Waals surface area contributed by atoms with Crippen molar-refractivity contribution in [3.8, 4) is 0 Å². The van der Waals surface area contributed by atoms with Gasteiger partial charge in [0.2, 0.25) is 0 Å². The lowest BCUT2D eigenvalue weighted by Gasteiger charge is -2.13. The molecule has 0 saturated carbocycles. The number of carbonyl (C=O) groups is 2. The van der Waals surface area contributed by atoms with Crippen LogP contribution in [0.3, 0.4) is 0 Å². The van der Waals surface area contributed by atoms with Crippen molar-refractivity contribution in [3.63, 3.8) is 0 Å². The molecule has 1 unspecified atom stereocenters. The van der Waals surface area contributed by atoms with E-state index in [1.54, 1.807) is 0 Å². The van der Waals surface area contributed by atoms with E-state index >= 15 is 0 Å². The summed E-state index contributed by atoms with van der Waals surface area (Å²) >= 11 is 0. The Kier molecular flexibility index (Phi) is 7.51. The molecule has 0 N–H and O–H groups in total. The molecule has 0 heterocycles. The van der Waals surface area contributed by atoms with Crippen LogP contribution in [0.5, 0.6) is 0 Å². The van der Waals surface area contributed by atoms with Crippen molar-refractivity contribution < 1.29 is 19.1 Å². The molecule has 0 aliphatic carbocycles. The van der Waals surface area contributed by atoms with Crippen LogP contribution in [-0.2, 0) is 19.1 Å². The summed E-state index contributed by atoms with van der Waals surface area (Å²) in [5, 5.41) is 0. The minimum absolute atomic E-state index is 0.230. The molecule has 0 bridgehead atoms. The Hall–Kier alpha value is -1.84. The van der Waals surface area contributed by atoms with Crippen molar-refractivity contribution in [2.24, 2.45) is 5.92 Å². The number of rotatable bonds is 8. The van der Waals surface area contributed by atoms with Crippen LogP contribution >= 0.6 is 0 Å². The van der Waals surface area contributed by atoms with Gasteiger partial charge in [-0.05, 0) is 24.8 Å². The van der Waals surface area contributed by atoms with Gasteiger partial charge in [0, 0.05) is 12.8 Å². The van der Waals surface area contributed by atoms with E-state index in [1.165, 1.54) is 0 Å². The Morgan fingerprint density at radius 3 is 2.24 bits per heavy atom. The van der Waals surface area contributed by atoms with Crippen LogP contribution in [0.1, 0.15) is 51.7 Å². The summed E-state index contributed by atoms with van der Waals surface area (Å²) in [6.07, 6.45) is 0.666. The first-order valence-electron chi connectivity index (χ1n) is 7.39. The molecule has 116 valence electrons. The van der Waals surface area contributed by atoms with Gasteiger partial charge in [0.25, 0.3) is 0 Å². The number of hydrogen-bond donors (Lipinski definition) is 0. The fraction of sp³-hybridized carbons (Fsp3) is 0.529. The van der Waals surface area contributed by atoms with E-state index in [0.717, 1.165) is 5.56 Å². The van der Waals surface area contributed by atoms with E-state index in [9.17, 15) is 9.59 Å². The Morgan fingerprint density at radius 1 is 1.00 bits per heavy atom. The van der Waals surface area contributed by atoms with Gasteiger partial charge in [-0.1, -0.05) is 44.2 Å². The summed E-state index contributed by atoms with van der Waals surface area (Å²) < 4.78 is 10.4. The number of carbonyl (C=O) groups excluding carboxylic acids is 2. The topological polar surface area (TPSA) is 52.6 Å². The predicted molar refractivity (Wildman–Crippen MR) is 80.6 cm³/mol. The highest BCUT2D eigenvalue weighted by molar-refractivity contribution is 5.72. The van der Waals surface area contributed by atoms with E-state index in [4.69, 9.17) is 9.47 Å². The van der Waals surface area contributed by atoms with Crippen LogP contribution in [0.15, 0.2) is 30.3 Å². The minimum Gasteiger partial charge on any atom is -0.465 e. The summed E-state index contributed by atoms with van der Waals surface area (Å²) in [6, 6.07) is 9.57. The minimum atomic E-state index is -0.289. The van der Waals surface area contributed by atoms with Gasteiger partial charge >= 0.3 is 11.9 Å². The maximum atomic E-state index is 11.7. The van der Waals surface area contributed by atoms with E-state index < -0.39 is 0 Å². The number of esters is 2. The summed E-state index contributed by atoms with van der Waals surface area (Å²) in [6.45, 7) is 6.23. The summed E-state index contributed by atoms with van der Waals surface area (Å²) in [7, 11) is 0. The molecule has 1 aromatic carbocycles. The van der Waals surface area contributed by atoms with Gasteiger partial charge < -0.3 is 9.47 Å². The van der Waals surface area contributed by atoms with E-state index in [0.29, 0.717) is 18.9 Å². The SMILES string of the molecule is CC(C)COC(=O)CCCC(=O)OC(C)c1ccccc1. The smallest absolute Gasteiger partial charge is 0.306 e. The van der Waals surface area contributed by atoms with Gasteiger partial charge in [-0.2, -0.15) is 0 Å². The summed E-state index contributed by atoms with van der Waals surface area (Å²) in [5.74, 6) is -0.221. The van der Waals surface area contributed by atoms with Crippen molar-refractivity contribution in [2.75, 3.05) is 6.61 Å². The van der Waals surface area contributed by atoms with E-state index in [1.807, 2.05) is 51.1 Å². The molecular formula is C17H24O4. The zero-order valence-corrected chi connectivity index (χ0v) is 13.0. The second kappa shape index (κ2) is 9.16. The zero-order chi connectivity index (χ0) is 15.7. The average molecular weight is 292 g/mol. The standard InChI is InChI=1S/C17H24O4/c1-13(2)12-20-16(18)10-7-11-17(19)21-14(3)15-8-5-4-6-9-15/h4-6,8-9,13-14H,7,10-12H2,1-3H3. The van der Waals surface area contributed by atoms with Gasteiger partial charge in [-0.15, -0.1) is 0 Å². The van der Waals surface area contributed by atoms with Crippen molar-refractivity contribution in [1.29, 1.82) is 0 Å². The molecule has 0 aromatic heterocycles. The summed E-state index contributed by atoms with van der Waals surface area (Å²) in [5.41, 5.74) is 0.960. The quantitative estimate of drug-likeness (QED) is 0.686. The lowest BCUT2D eigenvalue weighted by atomic mass is 10.1. The Morgan fingerprint density at radius 2 is 1.62 bits per heavy atom. The van der Waals surface area contributed by atoms with Crippen LogP contribution < -0.4 is 0 Å². The molecular weight excluding hydrogens is 268 g/mol. The third-order valence-corrected chi connectivity index (χ3v) is 2.92. The molecule has 0 aliphatic rings. The number of hydrogen-bond acceptors (Lipinski definition) is 4. The molecule has 0 aliphatic heterocycles. The highest BCUT2D eigenvalue weighted by Crippen LogP contribution is 2.17. The second-order valence-electron chi connectivity index (χ2n) is 5.47. The molecule has 0 fully saturated rings. The van der Waals surface area contributed by atoms with Crippen molar-refractivity contribution in [3.05, 3.63) is 35.9 Å². The van der Waals surface area contributed by atoms with Gasteiger partial charge in [0.15, 0.2) is 0 Å². The first-order valence-corrected chi connectivity index (χ1v) is 7.39. The van der Waals surface area contributed by atoms with Crippen molar-refractivity contribution >= 4 is 11.9 Å². The van der Waals surface area contributed by atoms with Crippen molar-refractivity contribution in [2.45, 2.75) is 46.1 Å². The van der Waals surface area contributed by atoms with Crippen molar-refractivity contribution in [1.82, 2.24) is 0 Å². The van der Waals surface area contributed by atoms with Crippen LogP contribution in [0, 0.1) is 5.92 Å². The number of benzene rings is 1. The molecule has 1 aromatic rings. The maximum absolute atomic E-state index is 11.7. The largest absolute Gasteiger partial charge is 0.465 e. The highest BCUT2D eigenvalue weighted by atomic mass is 16.5. The van der Waals surface area contributed by atoms with Crippen LogP contribution in [-0.4, -0.2) is 18.5 Å². The fourth-order valence-corrected chi connectivity index (χ4v) is 1.76. The fourth-order valence-electron chi connectivity index (χ4n) is 1.76. The van der Waals surface area contributed by atoms with E-state index in [-0.39, 0.29) is 30.9 Å². The third-order valence-electron chi connectivity index (χ3n) is 2.92. The Bertz CT molecular complexity index is 439. The molecule has 4 heteroatoms. The maximum Gasteiger partial charge on any atom is 0.306 e. The zero-order valence-electron chi connectivity index (χ0n) is 13.0. The van der Waals surface area contributed by atoms with Crippen LogP contribution in [0.4, 0.5) is 0 Å². The Labute approximate surface area is 126 Å². The first kappa shape index (κ1) is 17.2. The summed E-state index contributed by atoms with van der Waals surface area (Å²) in [4.78, 5) is 23.1. The van der Waals surface area contributed by atoms with Crippen LogP contribution in [0.25, 0.3) is 0 Å². The molecule has 0 amide bonds. The molecule has 0 saturated heterocycles. The molecule has 1 atom stereocenters. The normalized spacial score (nSPS) is 12.0. The first-order chi connectivity index (χ1) is 9.99. The molecule has 21 heavy (non-hydrogen) atoms. The molecule has 0 radical (unpaired) electrons. The number of ether oxygens (including phenoxy) is 2. The predicted octanol–water partition coefficient (Wildman–Crippen LogP) is 3.66. The average Bonchev–Trinajstić information content (AvgIpc) is 2.46. The van der Waals surface area contributed by atoms with Gasteiger partial charge in [-0.25, -0.2) is 0 Å². The Balaban J connectivity index is 2.21. The van der Waals surface area contributed by atoms with Gasteiger partial charge in [0.05, 0.1) is 6.61 Å². The lowest BCUT2D eigenvalue weighted by molar-refractivity contribution is -0.149. The van der Waals surface area contributed by atoms with Gasteiger partial charge in [-0.3, -0.25) is 9.59 Å². The third kappa shape index (κ3) is 7.49. The lowest BCUT2D eigenvalue weighted by Crippen LogP contribution is -2.12. The van der Waals surface area contributed by atoms with Crippen LogP contribution in [0.2, 0.25) is 0 Å². The molecule has 4 nitrogen and oxygen atoms in total. The molecule has 0 spiro atoms. The van der Waals surface area contributed by atoms with Gasteiger partial charge in [0.1, 0.15) is 6.10 Å². The van der Waals surface area contributed by atoms with E-state index in [2.05, 4.69) is 0 Å².